The Morgan fingerprint density at radius 2 is 1.89 bits per heavy atom. The Morgan fingerprint density at radius 1 is 1.21 bits per heavy atom. The summed E-state index contributed by atoms with van der Waals surface area (Å²) < 4.78 is 21.0. The third-order valence-corrected chi connectivity index (χ3v) is 5.97. The van der Waals surface area contributed by atoms with Crippen LogP contribution >= 0.6 is 70.7 Å². The molecule has 0 aliphatic rings. The van der Waals surface area contributed by atoms with Crippen molar-refractivity contribution in [2.45, 2.75) is 5.38 Å². The van der Waals surface area contributed by atoms with Crippen molar-refractivity contribution in [3.63, 3.8) is 0 Å². The van der Waals surface area contributed by atoms with E-state index in [1.165, 1.54) is 24.5 Å². The molecule has 1 aromatic heterocycles. The normalized spacial score (nSPS) is 12.5. The summed E-state index contributed by atoms with van der Waals surface area (Å²) >= 11 is 18.1. The van der Waals surface area contributed by atoms with Crippen LogP contribution in [0.2, 0.25) is 0 Å². The summed E-state index contributed by atoms with van der Waals surface area (Å²) in [4.78, 5) is 0. The number of ether oxygens (including phenoxy) is 1. The topological polar surface area (TPSA) is 9.23 Å². The molecule has 0 saturated carbocycles. The van der Waals surface area contributed by atoms with Crippen LogP contribution in [0, 0.1) is 5.82 Å². The van der Waals surface area contributed by atoms with Gasteiger partial charge in [0.2, 0.25) is 0 Å². The molecule has 0 N–H and O–H groups in total. The van der Waals surface area contributed by atoms with Gasteiger partial charge in [0.1, 0.15) is 11.6 Å². The Morgan fingerprint density at radius 3 is 2.42 bits per heavy atom. The highest BCUT2D eigenvalue weighted by Gasteiger charge is 2.22. The second-order valence-corrected chi connectivity index (χ2v) is 8.69. The Bertz CT molecular complexity index is 617. The van der Waals surface area contributed by atoms with Crippen molar-refractivity contribution in [2.75, 3.05) is 7.11 Å². The van der Waals surface area contributed by atoms with Crippen LogP contribution < -0.4 is 4.74 Å². The first-order valence-electron chi connectivity index (χ1n) is 5.05. The Kier molecular flexibility index (Phi) is 5.34. The van der Waals surface area contributed by atoms with Gasteiger partial charge in [-0.1, -0.05) is 0 Å². The lowest BCUT2D eigenvalue weighted by Gasteiger charge is -2.14. The monoisotopic (exact) mass is 490 g/mol. The van der Waals surface area contributed by atoms with Crippen LogP contribution in [-0.2, 0) is 0 Å². The van der Waals surface area contributed by atoms with E-state index >= 15 is 0 Å². The highest BCUT2D eigenvalue weighted by molar-refractivity contribution is 9.12. The SMILES string of the molecule is COc1cc(F)c(Br)cc1C(Cl)c1cc(Br)sc1Br. The number of benzene rings is 1. The summed E-state index contributed by atoms with van der Waals surface area (Å²) in [5.74, 6) is 0.0463. The second kappa shape index (κ2) is 6.43. The van der Waals surface area contributed by atoms with Crippen molar-refractivity contribution < 1.29 is 9.13 Å². The zero-order chi connectivity index (χ0) is 14.2. The van der Waals surface area contributed by atoms with E-state index in [1.54, 1.807) is 6.07 Å². The Balaban J connectivity index is 2.52. The van der Waals surface area contributed by atoms with Crippen molar-refractivity contribution in [2.24, 2.45) is 0 Å². The molecule has 0 saturated heterocycles. The van der Waals surface area contributed by atoms with Gasteiger partial charge >= 0.3 is 0 Å². The fraction of sp³-hybridized carbons (Fsp3) is 0.167. The number of alkyl halides is 1. The molecule has 0 amide bonds. The average Bonchev–Trinajstić information content (AvgIpc) is 2.70. The molecular weight excluding hydrogens is 486 g/mol. The van der Waals surface area contributed by atoms with Gasteiger partial charge in [0.05, 0.1) is 24.5 Å². The Labute approximate surface area is 144 Å². The molecule has 1 aromatic carbocycles. The molecule has 2 rings (SSSR count). The van der Waals surface area contributed by atoms with Gasteiger partial charge in [0, 0.05) is 17.2 Å². The maximum atomic E-state index is 13.5. The van der Waals surface area contributed by atoms with E-state index in [0.717, 1.165) is 13.1 Å². The summed E-state index contributed by atoms with van der Waals surface area (Å²) in [6.45, 7) is 0. The van der Waals surface area contributed by atoms with Crippen molar-refractivity contribution in [1.82, 2.24) is 0 Å². The van der Waals surface area contributed by atoms with E-state index in [1.807, 2.05) is 6.07 Å². The highest BCUT2D eigenvalue weighted by Crippen LogP contribution is 2.44. The molecule has 19 heavy (non-hydrogen) atoms. The molecule has 1 heterocycles. The minimum atomic E-state index is -0.427. The fourth-order valence-electron chi connectivity index (χ4n) is 1.61. The van der Waals surface area contributed by atoms with E-state index in [0.29, 0.717) is 15.8 Å². The second-order valence-electron chi connectivity index (χ2n) is 3.65. The van der Waals surface area contributed by atoms with Gasteiger partial charge in [-0.25, -0.2) is 4.39 Å². The summed E-state index contributed by atoms with van der Waals surface area (Å²) in [6.07, 6.45) is 0. The number of hydrogen-bond acceptors (Lipinski definition) is 2. The number of hydrogen-bond donors (Lipinski definition) is 0. The largest absolute Gasteiger partial charge is 0.496 e. The van der Waals surface area contributed by atoms with E-state index in [-0.39, 0.29) is 5.82 Å². The Hall–Kier alpha value is 0.380. The molecular formula is C12H7Br3ClFOS. The summed E-state index contributed by atoms with van der Waals surface area (Å²) in [6, 6.07) is 4.90. The van der Waals surface area contributed by atoms with Crippen molar-refractivity contribution in [3.05, 3.63) is 47.2 Å². The number of halogens is 5. The minimum absolute atomic E-state index is 0.361. The molecule has 0 bridgehead atoms. The van der Waals surface area contributed by atoms with E-state index in [2.05, 4.69) is 47.8 Å². The van der Waals surface area contributed by atoms with Gasteiger partial charge in [-0.3, -0.25) is 0 Å². The van der Waals surface area contributed by atoms with Crippen molar-refractivity contribution >= 4 is 70.7 Å². The average molecular weight is 493 g/mol. The van der Waals surface area contributed by atoms with E-state index in [4.69, 9.17) is 16.3 Å². The first-order valence-corrected chi connectivity index (χ1v) is 8.69. The van der Waals surface area contributed by atoms with Crippen LogP contribution in [0.5, 0.6) is 5.75 Å². The fourth-order valence-corrected chi connectivity index (χ4v) is 5.41. The molecule has 7 heteroatoms. The molecule has 1 unspecified atom stereocenters. The van der Waals surface area contributed by atoms with Crippen LogP contribution in [0.3, 0.4) is 0 Å². The third kappa shape index (κ3) is 3.35. The molecule has 0 radical (unpaired) electrons. The minimum Gasteiger partial charge on any atom is -0.496 e. The van der Waals surface area contributed by atoms with Gasteiger partial charge in [-0.2, -0.15) is 0 Å². The quantitative estimate of drug-likeness (QED) is 0.443. The molecule has 0 aliphatic carbocycles. The lowest BCUT2D eigenvalue weighted by molar-refractivity contribution is 0.406. The maximum Gasteiger partial charge on any atom is 0.141 e. The zero-order valence-corrected chi connectivity index (χ0v) is 15.8. The van der Waals surface area contributed by atoms with Crippen LogP contribution in [-0.4, -0.2) is 7.11 Å². The van der Waals surface area contributed by atoms with E-state index < -0.39 is 5.38 Å². The van der Waals surface area contributed by atoms with Crippen molar-refractivity contribution in [1.29, 1.82) is 0 Å². The maximum absolute atomic E-state index is 13.5. The molecule has 1 nitrogen and oxygen atoms in total. The molecule has 2 aromatic rings. The lowest BCUT2D eigenvalue weighted by atomic mass is 10.1. The van der Waals surface area contributed by atoms with Gasteiger partial charge in [-0.05, 0) is 59.9 Å². The van der Waals surface area contributed by atoms with Crippen LogP contribution in [0.15, 0.2) is 30.2 Å². The predicted molar refractivity (Wildman–Crippen MR) is 88.1 cm³/mol. The summed E-state index contributed by atoms with van der Waals surface area (Å²) in [5.41, 5.74) is 1.62. The standard InChI is InChI=1S/C12H7Br3ClFOS/c1-18-9-4-8(17)7(13)2-5(9)11(16)6-3-10(14)19-12(6)15/h2-4,11H,1H3. The highest BCUT2D eigenvalue weighted by atomic mass is 79.9. The number of methoxy groups -OCH3 is 1. The molecule has 0 fully saturated rings. The molecule has 102 valence electrons. The van der Waals surface area contributed by atoms with Crippen LogP contribution in [0.1, 0.15) is 16.5 Å². The smallest absolute Gasteiger partial charge is 0.141 e. The van der Waals surface area contributed by atoms with Crippen molar-refractivity contribution in [3.8, 4) is 5.75 Å². The summed E-state index contributed by atoms with van der Waals surface area (Å²) in [7, 11) is 1.49. The third-order valence-electron chi connectivity index (χ3n) is 2.50. The lowest BCUT2D eigenvalue weighted by Crippen LogP contribution is -1.98. The molecule has 1 atom stereocenters. The van der Waals surface area contributed by atoms with Gasteiger partial charge in [0.25, 0.3) is 0 Å². The number of rotatable bonds is 3. The molecule has 0 aliphatic heterocycles. The summed E-state index contributed by atoms with van der Waals surface area (Å²) in [5, 5.41) is -0.427. The van der Waals surface area contributed by atoms with Gasteiger partial charge in [0.15, 0.2) is 0 Å². The first kappa shape index (κ1) is 15.8. The number of thiophene rings is 1. The van der Waals surface area contributed by atoms with E-state index in [9.17, 15) is 4.39 Å². The first-order chi connectivity index (χ1) is 8.93. The van der Waals surface area contributed by atoms with Gasteiger partial charge in [-0.15, -0.1) is 22.9 Å². The molecule has 0 spiro atoms. The van der Waals surface area contributed by atoms with Gasteiger partial charge < -0.3 is 4.74 Å². The zero-order valence-electron chi connectivity index (χ0n) is 9.52. The predicted octanol–water partition coefficient (Wildman–Crippen LogP) is 6.51. The van der Waals surface area contributed by atoms with Crippen LogP contribution in [0.4, 0.5) is 4.39 Å². The van der Waals surface area contributed by atoms with Crippen LogP contribution in [0.25, 0.3) is 0 Å².